The number of rotatable bonds is 4. The highest BCUT2D eigenvalue weighted by molar-refractivity contribution is 6.76. The van der Waals surface area contributed by atoms with Crippen molar-refractivity contribution >= 4 is 8.07 Å². The molecule has 0 aliphatic rings. The normalized spacial score (nSPS) is 10.8. The fraction of sp³-hybridized carbons (Fsp3) is 0.417. The van der Waals surface area contributed by atoms with Gasteiger partial charge in [-0.3, -0.25) is 0 Å². The Hall–Kier alpha value is -1.27. The monoisotopic (exact) mass is 219 g/mol. The molecule has 0 radical (unpaired) electrons. The van der Waals surface area contributed by atoms with Crippen molar-refractivity contribution in [2.45, 2.75) is 25.7 Å². The molecular weight excluding hydrogens is 202 g/mol. The maximum absolute atomic E-state index is 8.63. The highest BCUT2D eigenvalue weighted by atomic mass is 28.3. The molecule has 0 saturated heterocycles. The maximum Gasteiger partial charge on any atom is 0.119 e. The third kappa shape index (κ3) is 4.66. The van der Waals surface area contributed by atoms with E-state index in [1.807, 2.05) is 12.1 Å². The Morgan fingerprint density at radius 1 is 1.20 bits per heavy atom. The summed E-state index contributed by atoms with van der Waals surface area (Å²) in [6.07, 6.45) is 0. The molecule has 0 atom stereocenters. The molecule has 3 heteroatoms. The van der Waals surface area contributed by atoms with Crippen LogP contribution in [0.5, 0.6) is 5.75 Å². The maximum atomic E-state index is 8.63. The second-order valence-corrected chi connectivity index (χ2v) is 10.4. The van der Waals surface area contributed by atoms with Gasteiger partial charge < -0.3 is 4.74 Å². The van der Waals surface area contributed by atoms with E-state index in [1.165, 1.54) is 0 Å². The highest BCUT2D eigenvalue weighted by Gasteiger charge is 2.12. The molecule has 0 heterocycles. The van der Waals surface area contributed by atoms with Gasteiger partial charge in [-0.25, -0.2) is 0 Å². The molecule has 0 aromatic heterocycles. The summed E-state index contributed by atoms with van der Waals surface area (Å²) in [6, 6.07) is 10.5. The Kier molecular flexibility index (Phi) is 3.93. The van der Waals surface area contributed by atoms with Gasteiger partial charge in [0.25, 0.3) is 0 Å². The van der Waals surface area contributed by atoms with Gasteiger partial charge in [0, 0.05) is 8.07 Å². The quantitative estimate of drug-likeness (QED) is 0.728. The van der Waals surface area contributed by atoms with Gasteiger partial charge in [0.2, 0.25) is 0 Å². The number of hydrogen-bond donors (Lipinski definition) is 0. The van der Waals surface area contributed by atoms with Crippen molar-refractivity contribution in [1.29, 1.82) is 5.26 Å². The first-order valence-corrected chi connectivity index (χ1v) is 8.85. The molecule has 15 heavy (non-hydrogen) atoms. The third-order valence-corrected chi connectivity index (χ3v) is 3.81. The molecule has 0 saturated carbocycles. The summed E-state index contributed by atoms with van der Waals surface area (Å²) in [4.78, 5) is 0. The van der Waals surface area contributed by atoms with Gasteiger partial charge in [-0.2, -0.15) is 5.26 Å². The fourth-order valence-corrected chi connectivity index (χ4v) is 1.82. The summed E-state index contributed by atoms with van der Waals surface area (Å²) >= 11 is 0. The molecule has 1 aromatic rings. The number of hydrogen-bond acceptors (Lipinski definition) is 2. The lowest BCUT2D eigenvalue weighted by Crippen LogP contribution is -2.22. The molecule has 80 valence electrons. The first kappa shape index (κ1) is 11.8. The zero-order valence-corrected chi connectivity index (χ0v) is 10.6. The Morgan fingerprint density at radius 2 is 1.80 bits per heavy atom. The smallest absolute Gasteiger partial charge is 0.119 e. The fourth-order valence-electron chi connectivity index (χ4n) is 1.10. The third-order valence-electron chi connectivity index (χ3n) is 2.10. The van der Waals surface area contributed by atoms with E-state index in [0.29, 0.717) is 5.56 Å². The predicted octanol–water partition coefficient (Wildman–Crippen LogP) is 3.28. The predicted molar refractivity (Wildman–Crippen MR) is 64.8 cm³/mol. The van der Waals surface area contributed by atoms with Crippen LogP contribution in [-0.4, -0.2) is 14.7 Å². The SMILES string of the molecule is C[Si](C)(C)CCOc1ccc(C#N)cc1. The van der Waals surface area contributed by atoms with Crippen LogP contribution in [0.25, 0.3) is 0 Å². The van der Waals surface area contributed by atoms with Crippen LogP contribution >= 0.6 is 0 Å². The molecule has 0 aliphatic carbocycles. The minimum absolute atomic E-state index is 0.674. The molecule has 0 amide bonds. The van der Waals surface area contributed by atoms with Gasteiger partial charge in [-0.1, -0.05) is 19.6 Å². The molecule has 2 nitrogen and oxygen atoms in total. The molecular formula is C12H17NOSi. The number of nitrogens with zero attached hydrogens (tertiary/aromatic N) is 1. The average Bonchev–Trinajstić information content (AvgIpc) is 2.17. The largest absolute Gasteiger partial charge is 0.494 e. The van der Waals surface area contributed by atoms with Gasteiger partial charge >= 0.3 is 0 Å². The summed E-state index contributed by atoms with van der Waals surface area (Å²) in [6.45, 7) is 7.76. The van der Waals surface area contributed by atoms with E-state index in [9.17, 15) is 0 Å². The summed E-state index contributed by atoms with van der Waals surface area (Å²) < 4.78 is 5.61. The van der Waals surface area contributed by atoms with E-state index in [0.717, 1.165) is 18.4 Å². The lowest BCUT2D eigenvalue weighted by Gasteiger charge is -2.15. The van der Waals surface area contributed by atoms with Gasteiger partial charge in [0.15, 0.2) is 0 Å². The molecule has 1 rings (SSSR count). The van der Waals surface area contributed by atoms with Crippen LogP contribution < -0.4 is 4.74 Å². The lowest BCUT2D eigenvalue weighted by molar-refractivity contribution is 0.338. The highest BCUT2D eigenvalue weighted by Crippen LogP contribution is 2.14. The second-order valence-electron chi connectivity index (χ2n) is 4.80. The van der Waals surface area contributed by atoms with E-state index >= 15 is 0 Å². The first-order valence-electron chi connectivity index (χ1n) is 5.14. The van der Waals surface area contributed by atoms with Gasteiger partial charge in [-0.05, 0) is 30.3 Å². The molecule has 0 spiro atoms. The van der Waals surface area contributed by atoms with E-state index < -0.39 is 8.07 Å². The Labute approximate surface area is 92.5 Å². The van der Waals surface area contributed by atoms with Crippen molar-refractivity contribution in [1.82, 2.24) is 0 Å². The Morgan fingerprint density at radius 3 is 2.27 bits per heavy atom. The summed E-state index contributed by atoms with van der Waals surface area (Å²) in [5, 5.41) is 8.63. The topological polar surface area (TPSA) is 33.0 Å². The average molecular weight is 219 g/mol. The molecule has 0 N–H and O–H groups in total. The molecule has 0 fully saturated rings. The summed E-state index contributed by atoms with van der Waals surface area (Å²) in [5.74, 6) is 0.854. The van der Waals surface area contributed by atoms with Crippen LogP contribution in [0.4, 0.5) is 0 Å². The van der Waals surface area contributed by atoms with Crippen LogP contribution in [0.2, 0.25) is 25.7 Å². The summed E-state index contributed by atoms with van der Waals surface area (Å²) in [7, 11) is -1.01. The van der Waals surface area contributed by atoms with Gasteiger partial charge in [-0.15, -0.1) is 0 Å². The standard InChI is InChI=1S/C12H17NOSi/c1-15(2,3)9-8-14-12-6-4-11(10-13)5-7-12/h4-7H,8-9H2,1-3H3. The minimum atomic E-state index is -1.01. The minimum Gasteiger partial charge on any atom is -0.494 e. The molecule has 0 unspecified atom stereocenters. The van der Waals surface area contributed by atoms with Crippen molar-refractivity contribution in [2.75, 3.05) is 6.61 Å². The Bertz CT molecular complexity index is 345. The van der Waals surface area contributed by atoms with E-state index in [1.54, 1.807) is 12.1 Å². The number of benzene rings is 1. The lowest BCUT2D eigenvalue weighted by atomic mass is 10.2. The van der Waals surface area contributed by atoms with Crippen molar-refractivity contribution in [2.24, 2.45) is 0 Å². The van der Waals surface area contributed by atoms with Crippen LogP contribution in [0.15, 0.2) is 24.3 Å². The van der Waals surface area contributed by atoms with E-state index in [4.69, 9.17) is 10.00 Å². The zero-order valence-electron chi connectivity index (χ0n) is 9.58. The van der Waals surface area contributed by atoms with Crippen LogP contribution in [-0.2, 0) is 0 Å². The van der Waals surface area contributed by atoms with Crippen molar-refractivity contribution in [3.63, 3.8) is 0 Å². The van der Waals surface area contributed by atoms with Crippen molar-refractivity contribution in [3.05, 3.63) is 29.8 Å². The van der Waals surface area contributed by atoms with Gasteiger partial charge in [0.05, 0.1) is 18.2 Å². The molecule has 0 aliphatic heterocycles. The van der Waals surface area contributed by atoms with Crippen LogP contribution in [0, 0.1) is 11.3 Å². The molecule has 0 bridgehead atoms. The zero-order chi connectivity index (χ0) is 11.3. The summed E-state index contributed by atoms with van der Waals surface area (Å²) in [5.41, 5.74) is 0.674. The Balaban J connectivity index is 2.42. The van der Waals surface area contributed by atoms with Crippen LogP contribution in [0.3, 0.4) is 0 Å². The van der Waals surface area contributed by atoms with Crippen LogP contribution in [0.1, 0.15) is 5.56 Å². The van der Waals surface area contributed by atoms with E-state index in [-0.39, 0.29) is 0 Å². The number of ether oxygens (including phenoxy) is 1. The molecule has 1 aromatic carbocycles. The second kappa shape index (κ2) is 4.99. The van der Waals surface area contributed by atoms with Gasteiger partial charge in [0.1, 0.15) is 5.75 Å². The van der Waals surface area contributed by atoms with Crippen molar-refractivity contribution in [3.8, 4) is 11.8 Å². The van der Waals surface area contributed by atoms with Crippen molar-refractivity contribution < 1.29 is 4.74 Å². The number of nitriles is 1. The first-order chi connectivity index (χ1) is 7.01. The van der Waals surface area contributed by atoms with E-state index in [2.05, 4.69) is 25.7 Å².